The third kappa shape index (κ3) is 3.70. The van der Waals surface area contributed by atoms with Crippen LogP contribution in [0.3, 0.4) is 0 Å². The monoisotopic (exact) mass is 84.1 g/mol. The Morgan fingerprint density at radius 3 is 2.67 bits per heavy atom. The minimum atomic E-state index is 0.920. The lowest BCUT2D eigenvalue weighted by molar-refractivity contribution is 0.793. The van der Waals surface area contributed by atoms with Crippen molar-refractivity contribution >= 4 is 0 Å². The Morgan fingerprint density at radius 2 is 2.50 bits per heavy atom. The lowest BCUT2D eigenvalue weighted by Crippen LogP contribution is -1.95. The van der Waals surface area contributed by atoms with Crippen molar-refractivity contribution in [3.05, 3.63) is 12.7 Å². The molecule has 0 aromatic rings. The predicted octanol–water partition coefficient (Wildman–Crippen LogP) is 0.797. The van der Waals surface area contributed by atoms with Crippen molar-refractivity contribution in [1.82, 2.24) is 5.32 Å². The average Bonchev–Trinajstić information content (AvgIpc) is 1.61. The van der Waals surface area contributed by atoms with Crippen LogP contribution in [0.25, 0.3) is 0 Å². The van der Waals surface area contributed by atoms with Gasteiger partial charge in [-0.1, -0.05) is 6.08 Å². The third-order valence-corrected chi connectivity index (χ3v) is 0.557. The minimum Gasteiger partial charge on any atom is -0.245 e. The van der Waals surface area contributed by atoms with Crippen LogP contribution in [0.15, 0.2) is 12.7 Å². The van der Waals surface area contributed by atoms with E-state index < -0.39 is 0 Å². The van der Waals surface area contributed by atoms with Crippen LogP contribution in [0.4, 0.5) is 0 Å². The summed E-state index contributed by atoms with van der Waals surface area (Å²) in [5, 5.41) is 3.85. The quantitative estimate of drug-likeness (QED) is 0.354. The molecule has 1 nitrogen and oxygen atoms in total. The summed E-state index contributed by atoms with van der Waals surface area (Å²) in [6.45, 7) is 4.46. The molecule has 0 amide bonds. The van der Waals surface area contributed by atoms with E-state index in [0.717, 1.165) is 13.0 Å². The van der Waals surface area contributed by atoms with E-state index in [9.17, 15) is 0 Å². The third-order valence-electron chi connectivity index (χ3n) is 0.557. The maximum absolute atomic E-state index is 3.85. The van der Waals surface area contributed by atoms with E-state index in [4.69, 9.17) is 0 Å². The fraction of sp³-hybridized carbons (Fsp3) is 0.600. The number of hydrogen-bond acceptors (Lipinski definition) is 0. The van der Waals surface area contributed by atoms with Crippen LogP contribution in [-0.4, -0.2) is 13.6 Å². The number of hydrogen-bond donors (Lipinski definition) is 0. The van der Waals surface area contributed by atoms with Gasteiger partial charge in [0.1, 0.15) is 0 Å². The summed E-state index contributed by atoms with van der Waals surface area (Å²) < 4.78 is 0. The van der Waals surface area contributed by atoms with Gasteiger partial charge in [-0.05, 0) is 6.42 Å². The molecule has 0 aromatic carbocycles. The van der Waals surface area contributed by atoms with E-state index in [0.29, 0.717) is 0 Å². The minimum absolute atomic E-state index is 0.920. The normalized spacial score (nSPS) is 8.17. The summed E-state index contributed by atoms with van der Waals surface area (Å²) in [4.78, 5) is 0. The lowest BCUT2D eigenvalue weighted by atomic mass is 10.4. The van der Waals surface area contributed by atoms with Crippen molar-refractivity contribution in [3.63, 3.8) is 0 Å². The molecule has 0 bridgehead atoms. The van der Waals surface area contributed by atoms with Crippen molar-refractivity contribution in [2.45, 2.75) is 6.42 Å². The highest BCUT2D eigenvalue weighted by Gasteiger charge is 1.70. The SMILES string of the molecule is C=CCC[N]C. The Balaban J connectivity index is 2.49. The Labute approximate surface area is 39.1 Å². The van der Waals surface area contributed by atoms with Gasteiger partial charge in [0.05, 0.1) is 0 Å². The predicted molar refractivity (Wildman–Crippen MR) is 27.7 cm³/mol. The second kappa shape index (κ2) is 4.70. The molecule has 0 rings (SSSR count). The van der Waals surface area contributed by atoms with Crippen LogP contribution in [0.5, 0.6) is 0 Å². The zero-order chi connectivity index (χ0) is 4.83. The van der Waals surface area contributed by atoms with Crippen LogP contribution in [0.2, 0.25) is 0 Å². The van der Waals surface area contributed by atoms with Gasteiger partial charge >= 0.3 is 0 Å². The Hall–Kier alpha value is -0.300. The molecule has 0 atom stereocenters. The van der Waals surface area contributed by atoms with Gasteiger partial charge in [0.25, 0.3) is 0 Å². The molecular formula is C5H10N. The van der Waals surface area contributed by atoms with Gasteiger partial charge in [0, 0.05) is 13.6 Å². The van der Waals surface area contributed by atoms with Gasteiger partial charge in [-0.15, -0.1) is 6.58 Å². The Morgan fingerprint density at radius 1 is 1.83 bits per heavy atom. The molecule has 0 aliphatic carbocycles. The topological polar surface area (TPSA) is 14.1 Å². The second-order valence-electron chi connectivity index (χ2n) is 1.12. The summed E-state index contributed by atoms with van der Waals surface area (Å²) in [6.07, 6.45) is 2.88. The first-order chi connectivity index (χ1) is 2.91. The van der Waals surface area contributed by atoms with Crippen molar-refractivity contribution < 1.29 is 0 Å². The molecule has 0 aromatic heterocycles. The molecule has 0 spiro atoms. The van der Waals surface area contributed by atoms with E-state index in [1.807, 2.05) is 13.1 Å². The number of nitrogens with zero attached hydrogens (tertiary/aromatic N) is 1. The van der Waals surface area contributed by atoms with E-state index in [2.05, 4.69) is 11.9 Å². The second-order valence-corrected chi connectivity index (χ2v) is 1.12. The maximum Gasteiger partial charge on any atom is 0.0164 e. The molecule has 0 aliphatic rings. The van der Waals surface area contributed by atoms with Gasteiger partial charge in [0.2, 0.25) is 0 Å². The fourth-order valence-electron chi connectivity index (χ4n) is 0.220. The van der Waals surface area contributed by atoms with Gasteiger partial charge in [-0.2, -0.15) is 0 Å². The van der Waals surface area contributed by atoms with Gasteiger partial charge in [-0.3, -0.25) is 0 Å². The zero-order valence-corrected chi connectivity index (χ0v) is 4.15. The summed E-state index contributed by atoms with van der Waals surface area (Å²) in [7, 11) is 1.81. The molecule has 1 radical (unpaired) electrons. The molecule has 6 heavy (non-hydrogen) atoms. The molecule has 0 saturated carbocycles. The molecular weight excluding hydrogens is 74.1 g/mol. The summed E-state index contributed by atoms with van der Waals surface area (Å²) in [6, 6.07) is 0. The fourth-order valence-corrected chi connectivity index (χ4v) is 0.220. The van der Waals surface area contributed by atoms with Gasteiger partial charge in [0.15, 0.2) is 0 Å². The van der Waals surface area contributed by atoms with E-state index in [1.54, 1.807) is 0 Å². The highest BCUT2D eigenvalue weighted by atomic mass is 14.8. The molecule has 0 fully saturated rings. The van der Waals surface area contributed by atoms with Gasteiger partial charge < -0.3 is 0 Å². The smallest absolute Gasteiger partial charge is 0.0164 e. The standard InChI is InChI=1S/C5H10N/c1-3-4-5-6-2/h3H,1,4-5H2,2H3. The Kier molecular flexibility index (Phi) is 4.46. The maximum atomic E-state index is 3.85. The number of rotatable bonds is 3. The zero-order valence-electron chi connectivity index (χ0n) is 4.15. The summed E-state index contributed by atoms with van der Waals surface area (Å²) in [5.41, 5.74) is 0. The molecule has 0 N–H and O–H groups in total. The molecule has 0 saturated heterocycles. The first kappa shape index (κ1) is 5.70. The van der Waals surface area contributed by atoms with E-state index in [-0.39, 0.29) is 0 Å². The van der Waals surface area contributed by atoms with Gasteiger partial charge in [-0.25, -0.2) is 5.32 Å². The first-order valence-corrected chi connectivity index (χ1v) is 2.08. The van der Waals surface area contributed by atoms with Crippen LogP contribution < -0.4 is 5.32 Å². The highest BCUT2D eigenvalue weighted by molar-refractivity contribution is 4.65. The van der Waals surface area contributed by atoms with Crippen LogP contribution in [-0.2, 0) is 0 Å². The van der Waals surface area contributed by atoms with Crippen LogP contribution in [0, 0.1) is 0 Å². The molecule has 0 unspecified atom stereocenters. The summed E-state index contributed by atoms with van der Waals surface area (Å²) >= 11 is 0. The van der Waals surface area contributed by atoms with E-state index >= 15 is 0 Å². The molecule has 35 valence electrons. The molecule has 0 heterocycles. The Bertz CT molecular complexity index is 32.9. The van der Waals surface area contributed by atoms with E-state index in [1.165, 1.54) is 0 Å². The highest BCUT2D eigenvalue weighted by Crippen LogP contribution is 1.71. The largest absolute Gasteiger partial charge is 0.245 e. The first-order valence-electron chi connectivity index (χ1n) is 2.08. The van der Waals surface area contributed by atoms with Crippen molar-refractivity contribution in [2.24, 2.45) is 0 Å². The molecule has 0 aliphatic heterocycles. The summed E-state index contributed by atoms with van der Waals surface area (Å²) in [5.74, 6) is 0. The van der Waals surface area contributed by atoms with Crippen molar-refractivity contribution in [3.8, 4) is 0 Å². The molecule has 1 heteroatoms. The van der Waals surface area contributed by atoms with Crippen molar-refractivity contribution in [2.75, 3.05) is 13.6 Å². The van der Waals surface area contributed by atoms with Crippen molar-refractivity contribution in [1.29, 1.82) is 0 Å². The van der Waals surface area contributed by atoms with Crippen LogP contribution in [0.1, 0.15) is 6.42 Å². The lowest BCUT2D eigenvalue weighted by Gasteiger charge is -1.83. The average molecular weight is 84.1 g/mol. The van der Waals surface area contributed by atoms with Crippen LogP contribution >= 0.6 is 0 Å².